The number of halogens is 3. The molecule has 0 bridgehead atoms. The molecule has 0 aliphatic rings. The van der Waals surface area contributed by atoms with Gasteiger partial charge in [-0.1, -0.05) is 23.2 Å². The largest absolute Gasteiger partial charge is 0.248 e. The van der Waals surface area contributed by atoms with Gasteiger partial charge in [-0.3, -0.25) is 0 Å². The van der Waals surface area contributed by atoms with E-state index in [1.807, 2.05) is 0 Å². The molecule has 9 heteroatoms. The molecule has 0 saturated heterocycles. The number of hydrogen-bond acceptors (Lipinski definition) is 4. The molecule has 0 amide bonds. The number of nitrogens with zero attached hydrogens (tertiary/aromatic N) is 1. The summed E-state index contributed by atoms with van der Waals surface area (Å²) in [5.41, 5.74) is 0. The van der Waals surface area contributed by atoms with Gasteiger partial charge in [0, 0.05) is 11.6 Å². The molecule has 1 heterocycles. The quantitative estimate of drug-likeness (QED) is 0.870. The predicted octanol–water partition coefficient (Wildman–Crippen LogP) is 3.07. The molecule has 2 aromatic rings. The van der Waals surface area contributed by atoms with Crippen LogP contribution in [0.3, 0.4) is 0 Å². The van der Waals surface area contributed by atoms with E-state index in [1.54, 1.807) is 11.6 Å². The van der Waals surface area contributed by atoms with E-state index in [-0.39, 0.29) is 16.5 Å². The van der Waals surface area contributed by atoms with Crippen molar-refractivity contribution in [3.8, 4) is 0 Å². The first kappa shape index (κ1) is 14.7. The monoisotopic (exact) mass is 340 g/mol. The Kier molecular flexibility index (Phi) is 4.42. The van der Waals surface area contributed by atoms with Gasteiger partial charge < -0.3 is 0 Å². The van der Waals surface area contributed by atoms with E-state index in [2.05, 4.69) is 9.71 Å². The maximum absolute atomic E-state index is 13.5. The summed E-state index contributed by atoms with van der Waals surface area (Å²) in [5.74, 6) is -0.958. The van der Waals surface area contributed by atoms with Gasteiger partial charge in [0.2, 0.25) is 10.0 Å². The fraction of sp³-hybridized carbons (Fsp3) is 0.100. The van der Waals surface area contributed by atoms with Gasteiger partial charge in [0.25, 0.3) is 0 Å². The van der Waals surface area contributed by atoms with Crippen LogP contribution in [0.15, 0.2) is 28.6 Å². The van der Waals surface area contributed by atoms with E-state index < -0.39 is 20.9 Å². The summed E-state index contributed by atoms with van der Waals surface area (Å²) in [6.07, 6.45) is 1.56. The van der Waals surface area contributed by atoms with Crippen molar-refractivity contribution in [3.63, 3.8) is 0 Å². The highest BCUT2D eigenvalue weighted by molar-refractivity contribution is 7.89. The average molecular weight is 341 g/mol. The van der Waals surface area contributed by atoms with Gasteiger partial charge >= 0.3 is 0 Å². The first-order valence-corrected chi connectivity index (χ1v) is 8.05. The number of benzene rings is 1. The maximum atomic E-state index is 13.5. The third-order valence-electron chi connectivity index (χ3n) is 2.19. The van der Waals surface area contributed by atoms with Gasteiger partial charge in [-0.2, -0.15) is 0 Å². The highest BCUT2D eigenvalue weighted by Gasteiger charge is 2.21. The van der Waals surface area contributed by atoms with Crippen molar-refractivity contribution in [3.05, 3.63) is 44.6 Å². The van der Waals surface area contributed by atoms with Crippen molar-refractivity contribution in [2.75, 3.05) is 0 Å². The van der Waals surface area contributed by atoms with Crippen LogP contribution in [-0.2, 0) is 16.6 Å². The first-order valence-electron chi connectivity index (χ1n) is 4.93. The van der Waals surface area contributed by atoms with E-state index in [0.29, 0.717) is 5.01 Å². The molecule has 1 N–H and O–H groups in total. The standard InChI is InChI=1S/C10H7Cl2FN2O2S2/c11-6-1-2-7(9(12)10(6)13)19(16,17)15-5-8-14-3-4-18-8/h1-4,15H,5H2. The zero-order chi connectivity index (χ0) is 14.0. The molecule has 0 spiro atoms. The molecule has 0 aliphatic carbocycles. The Balaban J connectivity index is 2.27. The van der Waals surface area contributed by atoms with Crippen LogP contribution in [0.2, 0.25) is 10.0 Å². The Hall–Kier alpha value is -0.730. The molecule has 4 nitrogen and oxygen atoms in total. The summed E-state index contributed by atoms with van der Waals surface area (Å²) in [6.45, 7) is 0.0145. The van der Waals surface area contributed by atoms with Gasteiger partial charge in [0.15, 0.2) is 5.82 Å². The van der Waals surface area contributed by atoms with Crippen LogP contribution < -0.4 is 4.72 Å². The second-order valence-electron chi connectivity index (χ2n) is 3.42. The van der Waals surface area contributed by atoms with Crippen molar-refractivity contribution >= 4 is 44.6 Å². The second-order valence-corrected chi connectivity index (χ2v) is 6.92. The summed E-state index contributed by atoms with van der Waals surface area (Å²) in [7, 11) is -3.92. The third-order valence-corrected chi connectivity index (χ3v) is 5.18. The van der Waals surface area contributed by atoms with E-state index >= 15 is 0 Å². The predicted molar refractivity (Wildman–Crippen MR) is 72.6 cm³/mol. The summed E-state index contributed by atoms with van der Waals surface area (Å²) < 4.78 is 39.7. The van der Waals surface area contributed by atoms with Crippen LogP contribution in [0.1, 0.15) is 5.01 Å². The second kappa shape index (κ2) is 5.72. The van der Waals surface area contributed by atoms with Crippen LogP contribution in [0.5, 0.6) is 0 Å². The zero-order valence-electron chi connectivity index (χ0n) is 9.23. The summed E-state index contributed by atoms with van der Waals surface area (Å²) >= 11 is 12.5. The molecule has 19 heavy (non-hydrogen) atoms. The van der Waals surface area contributed by atoms with E-state index in [1.165, 1.54) is 11.3 Å². The topological polar surface area (TPSA) is 59.1 Å². The molecular formula is C10H7Cl2FN2O2S2. The lowest BCUT2D eigenvalue weighted by Crippen LogP contribution is -2.23. The van der Waals surface area contributed by atoms with Crippen molar-refractivity contribution < 1.29 is 12.8 Å². The normalized spacial score (nSPS) is 11.7. The van der Waals surface area contributed by atoms with Crippen LogP contribution in [-0.4, -0.2) is 13.4 Å². The van der Waals surface area contributed by atoms with Gasteiger partial charge in [0.1, 0.15) is 9.90 Å². The first-order chi connectivity index (χ1) is 8.92. The molecule has 0 atom stereocenters. The molecule has 1 aromatic carbocycles. The lowest BCUT2D eigenvalue weighted by atomic mass is 10.3. The van der Waals surface area contributed by atoms with Gasteiger partial charge in [0.05, 0.1) is 16.6 Å². The van der Waals surface area contributed by atoms with Crippen molar-refractivity contribution in [1.82, 2.24) is 9.71 Å². The number of thiazole rings is 1. The van der Waals surface area contributed by atoms with Crippen molar-refractivity contribution in [2.45, 2.75) is 11.4 Å². The number of nitrogens with one attached hydrogen (secondary N) is 1. The summed E-state index contributed by atoms with van der Waals surface area (Å²) in [5, 5.41) is 1.55. The Morgan fingerprint density at radius 2 is 2.11 bits per heavy atom. The Morgan fingerprint density at radius 3 is 2.74 bits per heavy atom. The highest BCUT2D eigenvalue weighted by Crippen LogP contribution is 2.29. The lowest BCUT2D eigenvalue weighted by Gasteiger charge is -2.08. The van der Waals surface area contributed by atoms with E-state index in [4.69, 9.17) is 23.2 Å². The number of aromatic nitrogens is 1. The minimum Gasteiger partial charge on any atom is -0.248 e. The Morgan fingerprint density at radius 1 is 1.37 bits per heavy atom. The Labute approximate surface area is 123 Å². The maximum Gasteiger partial charge on any atom is 0.242 e. The molecule has 1 aromatic heterocycles. The van der Waals surface area contributed by atoms with Crippen LogP contribution >= 0.6 is 34.5 Å². The lowest BCUT2D eigenvalue weighted by molar-refractivity contribution is 0.577. The van der Waals surface area contributed by atoms with Crippen molar-refractivity contribution in [1.29, 1.82) is 0 Å². The van der Waals surface area contributed by atoms with Crippen molar-refractivity contribution in [2.24, 2.45) is 0 Å². The number of hydrogen-bond donors (Lipinski definition) is 1. The Bertz CT molecular complexity index is 690. The molecule has 0 aliphatic heterocycles. The van der Waals surface area contributed by atoms with Crippen LogP contribution in [0.25, 0.3) is 0 Å². The van der Waals surface area contributed by atoms with Gasteiger partial charge in [-0.15, -0.1) is 11.3 Å². The minimum absolute atomic E-state index is 0.0145. The zero-order valence-corrected chi connectivity index (χ0v) is 12.4. The molecule has 0 fully saturated rings. The fourth-order valence-electron chi connectivity index (χ4n) is 1.29. The molecule has 102 valence electrons. The van der Waals surface area contributed by atoms with E-state index in [0.717, 1.165) is 12.1 Å². The molecule has 2 rings (SSSR count). The van der Waals surface area contributed by atoms with Crippen LogP contribution in [0, 0.1) is 5.82 Å². The molecule has 0 radical (unpaired) electrons. The summed E-state index contributed by atoms with van der Waals surface area (Å²) in [4.78, 5) is 3.58. The number of sulfonamides is 1. The SMILES string of the molecule is O=S(=O)(NCc1nccs1)c1ccc(Cl)c(F)c1Cl. The van der Waals surface area contributed by atoms with E-state index in [9.17, 15) is 12.8 Å². The summed E-state index contributed by atoms with van der Waals surface area (Å²) in [6, 6.07) is 2.29. The molecule has 0 unspecified atom stereocenters. The highest BCUT2D eigenvalue weighted by atomic mass is 35.5. The molecular weight excluding hydrogens is 334 g/mol. The number of rotatable bonds is 4. The fourth-order valence-corrected chi connectivity index (χ4v) is 3.67. The minimum atomic E-state index is -3.92. The smallest absolute Gasteiger partial charge is 0.242 e. The average Bonchev–Trinajstić information content (AvgIpc) is 2.86. The van der Waals surface area contributed by atoms with Gasteiger partial charge in [-0.25, -0.2) is 22.5 Å². The third kappa shape index (κ3) is 3.24. The molecule has 0 saturated carbocycles. The van der Waals surface area contributed by atoms with Gasteiger partial charge in [-0.05, 0) is 12.1 Å². The van der Waals surface area contributed by atoms with Crippen LogP contribution in [0.4, 0.5) is 4.39 Å².